The number of rotatable bonds is 2. The van der Waals surface area contributed by atoms with Gasteiger partial charge in [0.05, 0.1) is 11.6 Å². The molecule has 1 fully saturated rings. The molecule has 2 heterocycles. The summed E-state index contributed by atoms with van der Waals surface area (Å²) in [7, 11) is 0. The Balaban J connectivity index is 1.92. The largest absolute Gasteiger partial charge is 0.330 e. The highest BCUT2D eigenvalue weighted by atomic mass is 35.5. The highest BCUT2D eigenvalue weighted by Gasteiger charge is 2.32. The first-order valence-corrected chi connectivity index (χ1v) is 7.20. The second-order valence-electron chi connectivity index (χ2n) is 4.99. The number of nitrogens with zero attached hydrogens (tertiary/aromatic N) is 4. The summed E-state index contributed by atoms with van der Waals surface area (Å²) in [6.07, 6.45) is 1.59. The molecular weight excluding hydrogens is 300 g/mol. The van der Waals surface area contributed by atoms with Gasteiger partial charge in [0.1, 0.15) is 5.82 Å². The third kappa shape index (κ3) is 2.38. The Hall–Kier alpha value is -2.58. The summed E-state index contributed by atoms with van der Waals surface area (Å²) >= 11 is 6.11. The molecule has 5 nitrogen and oxygen atoms in total. The van der Waals surface area contributed by atoms with Crippen molar-refractivity contribution in [1.82, 2.24) is 4.98 Å². The Morgan fingerprint density at radius 2 is 2.05 bits per heavy atom. The van der Waals surface area contributed by atoms with Gasteiger partial charge in [-0.1, -0.05) is 17.7 Å². The standard InChI is InChI=1S/C16H13ClN4O/c1-11-14(17)5-6-19-15(11)21-8-7-20(16(21)22)13-4-2-3-12(9-13)10-18/h2-6,9H,7-8H2,1H3. The van der Waals surface area contributed by atoms with Crippen molar-refractivity contribution in [3.8, 4) is 6.07 Å². The number of pyridine rings is 1. The zero-order chi connectivity index (χ0) is 15.7. The fourth-order valence-corrected chi connectivity index (χ4v) is 2.63. The summed E-state index contributed by atoms with van der Waals surface area (Å²) in [5.74, 6) is 0.580. The minimum Gasteiger partial charge on any atom is -0.292 e. The summed E-state index contributed by atoms with van der Waals surface area (Å²) in [6.45, 7) is 2.92. The van der Waals surface area contributed by atoms with Crippen LogP contribution in [0.1, 0.15) is 11.1 Å². The number of halogens is 1. The predicted molar refractivity (Wildman–Crippen MR) is 85.2 cm³/mol. The van der Waals surface area contributed by atoms with Crippen LogP contribution in [0, 0.1) is 18.3 Å². The Bertz CT molecular complexity index is 784. The van der Waals surface area contributed by atoms with E-state index in [2.05, 4.69) is 11.1 Å². The number of carbonyl (C=O) groups excluding carboxylic acids is 1. The van der Waals surface area contributed by atoms with Gasteiger partial charge in [-0.2, -0.15) is 5.26 Å². The molecule has 1 aliphatic heterocycles. The molecule has 0 bridgehead atoms. The third-order valence-electron chi connectivity index (χ3n) is 3.66. The first-order valence-electron chi connectivity index (χ1n) is 6.82. The molecule has 0 saturated carbocycles. The summed E-state index contributed by atoms with van der Waals surface area (Å²) in [6, 6.07) is 10.6. The van der Waals surface area contributed by atoms with E-state index >= 15 is 0 Å². The predicted octanol–water partition coefficient (Wildman–Crippen LogP) is 3.36. The SMILES string of the molecule is Cc1c(Cl)ccnc1N1CCN(c2cccc(C#N)c2)C1=O. The van der Waals surface area contributed by atoms with Crippen LogP contribution in [-0.4, -0.2) is 24.1 Å². The average molecular weight is 313 g/mol. The van der Waals surface area contributed by atoms with Gasteiger partial charge in [-0.25, -0.2) is 9.78 Å². The number of hydrogen-bond donors (Lipinski definition) is 0. The van der Waals surface area contributed by atoms with Gasteiger partial charge in [0.15, 0.2) is 0 Å². The molecule has 1 saturated heterocycles. The van der Waals surface area contributed by atoms with Gasteiger partial charge in [0.2, 0.25) is 0 Å². The molecule has 0 aliphatic carbocycles. The topological polar surface area (TPSA) is 60.2 Å². The summed E-state index contributed by atoms with van der Waals surface area (Å²) < 4.78 is 0. The lowest BCUT2D eigenvalue weighted by molar-refractivity contribution is 0.255. The van der Waals surface area contributed by atoms with Crippen LogP contribution in [0.25, 0.3) is 0 Å². The normalized spacial score (nSPS) is 14.3. The number of amides is 2. The maximum Gasteiger partial charge on any atom is 0.330 e. The quantitative estimate of drug-likeness (QED) is 0.854. The number of nitriles is 1. The molecule has 0 radical (unpaired) electrons. The Morgan fingerprint density at radius 1 is 1.27 bits per heavy atom. The smallest absolute Gasteiger partial charge is 0.292 e. The van der Waals surface area contributed by atoms with Gasteiger partial charge >= 0.3 is 6.03 Å². The molecule has 1 aromatic heterocycles. The van der Waals surface area contributed by atoms with Crippen LogP contribution in [-0.2, 0) is 0 Å². The van der Waals surface area contributed by atoms with E-state index in [1.165, 1.54) is 0 Å². The number of urea groups is 1. The number of carbonyl (C=O) groups is 1. The second kappa shape index (κ2) is 5.66. The van der Waals surface area contributed by atoms with Crippen molar-refractivity contribution in [3.05, 3.63) is 52.7 Å². The van der Waals surface area contributed by atoms with Gasteiger partial charge in [-0.3, -0.25) is 9.80 Å². The van der Waals surface area contributed by atoms with E-state index in [1.807, 2.05) is 13.0 Å². The molecule has 0 spiro atoms. The van der Waals surface area contributed by atoms with Crippen LogP contribution in [0.15, 0.2) is 36.5 Å². The monoisotopic (exact) mass is 312 g/mol. The second-order valence-corrected chi connectivity index (χ2v) is 5.40. The Kier molecular flexibility index (Phi) is 3.70. The lowest BCUT2D eigenvalue weighted by atomic mass is 10.2. The van der Waals surface area contributed by atoms with E-state index < -0.39 is 0 Å². The molecule has 2 aromatic rings. The zero-order valence-corrected chi connectivity index (χ0v) is 12.7. The van der Waals surface area contributed by atoms with E-state index in [1.54, 1.807) is 40.3 Å². The van der Waals surface area contributed by atoms with Gasteiger partial charge in [0, 0.05) is 35.6 Å². The van der Waals surface area contributed by atoms with E-state index in [4.69, 9.17) is 16.9 Å². The summed E-state index contributed by atoms with van der Waals surface area (Å²) in [4.78, 5) is 20.2. The molecule has 110 valence electrons. The maximum atomic E-state index is 12.7. The van der Waals surface area contributed by atoms with Crippen molar-refractivity contribution < 1.29 is 4.79 Å². The van der Waals surface area contributed by atoms with E-state index in [-0.39, 0.29) is 6.03 Å². The minimum atomic E-state index is -0.159. The Morgan fingerprint density at radius 3 is 2.82 bits per heavy atom. The molecule has 3 rings (SSSR count). The van der Waals surface area contributed by atoms with Crippen molar-refractivity contribution in [1.29, 1.82) is 5.26 Å². The van der Waals surface area contributed by atoms with E-state index in [0.29, 0.717) is 35.2 Å². The number of benzene rings is 1. The van der Waals surface area contributed by atoms with Crippen molar-refractivity contribution in [2.24, 2.45) is 0 Å². The van der Waals surface area contributed by atoms with Gasteiger partial charge in [0.25, 0.3) is 0 Å². The van der Waals surface area contributed by atoms with Crippen LogP contribution < -0.4 is 9.80 Å². The molecule has 0 N–H and O–H groups in total. The summed E-state index contributed by atoms with van der Waals surface area (Å²) in [5.41, 5.74) is 2.03. The third-order valence-corrected chi connectivity index (χ3v) is 4.07. The van der Waals surface area contributed by atoms with E-state index in [0.717, 1.165) is 5.56 Å². The van der Waals surface area contributed by atoms with Crippen molar-refractivity contribution >= 4 is 29.1 Å². The summed E-state index contributed by atoms with van der Waals surface area (Å²) in [5, 5.41) is 9.57. The van der Waals surface area contributed by atoms with Crippen LogP contribution in [0.4, 0.5) is 16.3 Å². The van der Waals surface area contributed by atoms with Crippen LogP contribution in [0.5, 0.6) is 0 Å². The van der Waals surface area contributed by atoms with Crippen LogP contribution in [0.2, 0.25) is 5.02 Å². The lowest BCUT2D eigenvalue weighted by Gasteiger charge is -2.19. The van der Waals surface area contributed by atoms with E-state index in [9.17, 15) is 4.79 Å². The highest BCUT2D eigenvalue weighted by molar-refractivity contribution is 6.31. The van der Waals surface area contributed by atoms with Gasteiger partial charge in [-0.15, -0.1) is 0 Å². The molecule has 0 unspecified atom stereocenters. The molecule has 1 aromatic carbocycles. The molecule has 0 atom stereocenters. The number of aromatic nitrogens is 1. The van der Waals surface area contributed by atoms with Crippen molar-refractivity contribution in [3.63, 3.8) is 0 Å². The maximum absolute atomic E-state index is 12.7. The van der Waals surface area contributed by atoms with Crippen LogP contribution in [0.3, 0.4) is 0 Å². The fourth-order valence-electron chi connectivity index (χ4n) is 2.49. The van der Waals surface area contributed by atoms with Gasteiger partial charge in [-0.05, 0) is 31.2 Å². The lowest BCUT2D eigenvalue weighted by Crippen LogP contribution is -2.32. The van der Waals surface area contributed by atoms with Crippen LogP contribution >= 0.6 is 11.6 Å². The molecule has 6 heteroatoms. The van der Waals surface area contributed by atoms with Gasteiger partial charge < -0.3 is 0 Å². The molecular formula is C16H13ClN4O. The number of hydrogen-bond acceptors (Lipinski definition) is 3. The number of anilines is 2. The minimum absolute atomic E-state index is 0.159. The average Bonchev–Trinajstić information content (AvgIpc) is 2.92. The first-order chi connectivity index (χ1) is 10.6. The molecule has 1 aliphatic rings. The Labute approximate surface area is 133 Å². The first kappa shape index (κ1) is 14.4. The molecule has 22 heavy (non-hydrogen) atoms. The highest BCUT2D eigenvalue weighted by Crippen LogP contribution is 2.29. The van der Waals surface area contributed by atoms with Crippen molar-refractivity contribution in [2.45, 2.75) is 6.92 Å². The van der Waals surface area contributed by atoms with Crippen molar-refractivity contribution in [2.75, 3.05) is 22.9 Å². The zero-order valence-electron chi connectivity index (χ0n) is 12.0. The molecule has 2 amide bonds. The fraction of sp³-hybridized carbons (Fsp3) is 0.188.